The van der Waals surface area contributed by atoms with Crippen molar-refractivity contribution in [1.82, 2.24) is 10.2 Å². The molecular weight excluding hydrogens is 354 g/mol. The third kappa shape index (κ3) is 5.04. The van der Waals surface area contributed by atoms with Crippen molar-refractivity contribution in [1.29, 1.82) is 0 Å². The lowest BCUT2D eigenvalue weighted by atomic mass is 9.74. The Morgan fingerprint density at radius 1 is 1.14 bits per heavy atom. The van der Waals surface area contributed by atoms with Crippen molar-refractivity contribution >= 4 is 17.6 Å². The largest absolute Gasteiger partial charge is 0.378 e. The Hall–Kier alpha value is -2.08. The van der Waals surface area contributed by atoms with Crippen LogP contribution in [0, 0.1) is 17.8 Å². The fourth-order valence-corrected chi connectivity index (χ4v) is 4.41. The number of rotatable bonds is 4. The molecule has 0 radical (unpaired) electrons. The highest BCUT2D eigenvalue weighted by atomic mass is 16.5. The normalized spacial score (nSPS) is 25.4. The molecule has 0 aromatic heterocycles. The summed E-state index contributed by atoms with van der Waals surface area (Å²) in [6.07, 6.45) is 3.38. The molecule has 0 bridgehead atoms. The van der Waals surface area contributed by atoms with Crippen molar-refractivity contribution in [2.45, 2.75) is 46.1 Å². The van der Waals surface area contributed by atoms with Crippen molar-refractivity contribution in [2.24, 2.45) is 17.8 Å². The summed E-state index contributed by atoms with van der Waals surface area (Å²) in [5.41, 5.74) is 1.08. The number of hydrogen-bond donors (Lipinski definition) is 2. The van der Waals surface area contributed by atoms with E-state index in [0.29, 0.717) is 55.3 Å². The van der Waals surface area contributed by atoms with Gasteiger partial charge in [-0.2, -0.15) is 0 Å². The average Bonchev–Trinajstić information content (AvgIpc) is 2.68. The van der Waals surface area contributed by atoms with E-state index >= 15 is 0 Å². The van der Waals surface area contributed by atoms with E-state index in [4.69, 9.17) is 4.74 Å². The SMILES string of the molecule is CC(C)[C@@H]1CC[C@@H](C)C[C@H]1NC(=O)Nc1ccccc1C(=O)N1CCOCC1. The minimum atomic E-state index is -0.230. The van der Waals surface area contributed by atoms with Crippen LogP contribution in [-0.4, -0.2) is 49.2 Å². The van der Waals surface area contributed by atoms with Crippen LogP contribution in [0.1, 0.15) is 50.4 Å². The third-order valence-corrected chi connectivity index (χ3v) is 6.04. The van der Waals surface area contributed by atoms with Gasteiger partial charge in [-0.15, -0.1) is 0 Å². The number of ether oxygens (including phenoxy) is 1. The lowest BCUT2D eigenvalue weighted by Crippen LogP contribution is -2.47. The van der Waals surface area contributed by atoms with Gasteiger partial charge < -0.3 is 20.3 Å². The molecule has 1 saturated heterocycles. The van der Waals surface area contributed by atoms with Gasteiger partial charge in [0, 0.05) is 19.1 Å². The predicted octanol–water partition coefficient (Wildman–Crippen LogP) is 3.74. The van der Waals surface area contributed by atoms with Crippen LogP contribution in [0.15, 0.2) is 24.3 Å². The van der Waals surface area contributed by atoms with Gasteiger partial charge in [0.2, 0.25) is 0 Å². The molecule has 1 heterocycles. The Morgan fingerprint density at radius 2 is 1.86 bits per heavy atom. The van der Waals surface area contributed by atoms with Crippen molar-refractivity contribution in [3.63, 3.8) is 0 Å². The minimum Gasteiger partial charge on any atom is -0.378 e. The number of nitrogens with zero attached hydrogens (tertiary/aromatic N) is 1. The summed E-state index contributed by atoms with van der Waals surface area (Å²) >= 11 is 0. The first-order chi connectivity index (χ1) is 13.5. The van der Waals surface area contributed by atoms with E-state index in [1.54, 1.807) is 17.0 Å². The van der Waals surface area contributed by atoms with Crippen molar-refractivity contribution < 1.29 is 14.3 Å². The van der Waals surface area contributed by atoms with E-state index < -0.39 is 0 Å². The van der Waals surface area contributed by atoms with E-state index in [2.05, 4.69) is 31.4 Å². The molecule has 2 aliphatic rings. The van der Waals surface area contributed by atoms with Gasteiger partial charge in [-0.05, 0) is 42.7 Å². The van der Waals surface area contributed by atoms with Gasteiger partial charge in [0.15, 0.2) is 0 Å². The summed E-state index contributed by atoms with van der Waals surface area (Å²) < 4.78 is 5.33. The Labute approximate surface area is 168 Å². The zero-order valence-electron chi connectivity index (χ0n) is 17.2. The number of carbonyl (C=O) groups is 2. The molecule has 6 nitrogen and oxygen atoms in total. The summed E-state index contributed by atoms with van der Waals surface area (Å²) in [5, 5.41) is 6.10. The molecule has 1 aromatic rings. The fourth-order valence-electron chi connectivity index (χ4n) is 4.41. The molecule has 1 aliphatic carbocycles. The highest BCUT2D eigenvalue weighted by Crippen LogP contribution is 2.33. The van der Waals surface area contributed by atoms with Gasteiger partial charge >= 0.3 is 6.03 Å². The van der Waals surface area contributed by atoms with Gasteiger partial charge in [-0.25, -0.2) is 4.79 Å². The minimum absolute atomic E-state index is 0.0643. The molecule has 28 heavy (non-hydrogen) atoms. The molecule has 0 spiro atoms. The predicted molar refractivity (Wildman–Crippen MR) is 110 cm³/mol. The second-order valence-electron chi connectivity index (χ2n) is 8.48. The zero-order chi connectivity index (χ0) is 20.1. The quantitative estimate of drug-likeness (QED) is 0.827. The van der Waals surface area contributed by atoms with Crippen LogP contribution >= 0.6 is 0 Å². The second-order valence-corrected chi connectivity index (χ2v) is 8.48. The number of carbonyl (C=O) groups excluding carboxylic acids is 2. The van der Waals surface area contributed by atoms with Gasteiger partial charge in [0.25, 0.3) is 5.91 Å². The summed E-state index contributed by atoms with van der Waals surface area (Å²) in [4.78, 5) is 27.4. The zero-order valence-corrected chi connectivity index (χ0v) is 17.2. The second kappa shape index (κ2) is 9.41. The smallest absolute Gasteiger partial charge is 0.319 e. The molecule has 3 rings (SSSR count). The Morgan fingerprint density at radius 3 is 2.57 bits per heavy atom. The van der Waals surface area contributed by atoms with Crippen LogP contribution in [0.4, 0.5) is 10.5 Å². The number of para-hydroxylation sites is 1. The molecule has 1 aliphatic heterocycles. The molecule has 2 fully saturated rings. The Kier molecular flexibility index (Phi) is 6.94. The van der Waals surface area contributed by atoms with Crippen LogP contribution in [0.25, 0.3) is 0 Å². The maximum Gasteiger partial charge on any atom is 0.319 e. The van der Waals surface area contributed by atoms with Gasteiger partial charge in [-0.3, -0.25) is 4.79 Å². The molecule has 1 aromatic carbocycles. The maximum atomic E-state index is 12.9. The molecule has 154 valence electrons. The number of urea groups is 1. The molecule has 1 saturated carbocycles. The number of amides is 3. The lowest BCUT2D eigenvalue weighted by Gasteiger charge is -2.37. The lowest BCUT2D eigenvalue weighted by molar-refractivity contribution is 0.0303. The topological polar surface area (TPSA) is 70.7 Å². The van der Waals surface area contributed by atoms with E-state index in [1.807, 2.05) is 12.1 Å². The summed E-state index contributed by atoms with van der Waals surface area (Å²) in [6.45, 7) is 8.97. The standard InChI is InChI=1S/C22H33N3O3/c1-15(2)17-9-8-16(3)14-20(17)24-22(27)23-19-7-5-4-6-18(19)21(26)25-10-12-28-13-11-25/h4-7,15-17,20H,8-14H2,1-3H3,(H2,23,24,27)/t16-,17+,20-/m1/s1. The summed E-state index contributed by atoms with van der Waals surface area (Å²) in [5.74, 6) is 1.58. The van der Waals surface area contributed by atoms with Crippen molar-refractivity contribution in [2.75, 3.05) is 31.6 Å². The van der Waals surface area contributed by atoms with Crippen molar-refractivity contribution in [3.8, 4) is 0 Å². The van der Waals surface area contributed by atoms with E-state index in [1.165, 1.54) is 6.42 Å². The summed E-state index contributed by atoms with van der Waals surface area (Å²) in [6, 6.07) is 7.17. The Balaban J connectivity index is 1.67. The monoisotopic (exact) mass is 387 g/mol. The average molecular weight is 388 g/mol. The van der Waals surface area contributed by atoms with Gasteiger partial charge in [-0.1, -0.05) is 39.3 Å². The molecule has 3 amide bonds. The van der Waals surface area contributed by atoms with Crippen LogP contribution in [0.5, 0.6) is 0 Å². The molecule has 0 unspecified atom stereocenters. The third-order valence-electron chi connectivity index (χ3n) is 6.04. The van der Waals surface area contributed by atoms with Crippen LogP contribution < -0.4 is 10.6 Å². The molecule has 3 atom stereocenters. The number of benzene rings is 1. The van der Waals surface area contributed by atoms with Crippen LogP contribution in [0.2, 0.25) is 0 Å². The first-order valence-corrected chi connectivity index (χ1v) is 10.5. The molecule has 2 N–H and O–H groups in total. The summed E-state index contributed by atoms with van der Waals surface area (Å²) in [7, 11) is 0. The fraction of sp³-hybridized carbons (Fsp3) is 0.636. The van der Waals surface area contributed by atoms with E-state index in [-0.39, 0.29) is 18.0 Å². The highest BCUT2D eigenvalue weighted by molar-refractivity contribution is 6.03. The molecule has 6 heteroatoms. The first-order valence-electron chi connectivity index (χ1n) is 10.5. The van der Waals surface area contributed by atoms with Crippen LogP contribution in [-0.2, 0) is 4.74 Å². The molecular formula is C22H33N3O3. The van der Waals surface area contributed by atoms with Gasteiger partial charge in [0.05, 0.1) is 24.5 Å². The van der Waals surface area contributed by atoms with Gasteiger partial charge in [0.1, 0.15) is 0 Å². The number of nitrogens with one attached hydrogen (secondary N) is 2. The van der Waals surface area contributed by atoms with E-state index in [0.717, 1.165) is 12.8 Å². The first kappa shape index (κ1) is 20.6. The highest BCUT2D eigenvalue weighted by Gasteiger charge is 2.32. The Bertz CT molecular complexity index is 685. The number of morpholine rings is 1. The van der Waals surface area contributed by atoms with Crippen molar-refractivity contribution in [3.05, 3.63) is 29.8 Å². The number of hydrogen-bond acceptors (Lipinski definition) is 3. The maximum absolute atomic E-state index is 12.9. The van der Waals surface area contributed by atoms with E-state index in [9.17, 15) is 9.59 Å². The number of anilines is 1. The van der Waals surface area contributed by atoms with Crippen LogP contribution in [0.3, 0.4) is 0 Å².